The van der Waals surface area contributed by atoms with Crippen LogP contribution in [0.25, 0.3) is 0 Å². The highest BCUT2D eigenvalue weighted by Gasteiger charge is 2.28. The number of rotatable bonds is 38. The Morgan fingerprint density at radius 3 is 1.71 bits per heavy atom. The van der Waals surface area contributed by atoms with E-state index >= 15 is 0 Å². The van der Waals surface area contributed by atoms with Crippen molar-refractivity contribution < 1.29 is 24.2 Å². The van der Waals surface area contributed by atoms with E-state index in [2.05, 4.69) is 39.5 Å². The summed E-state index contributed by atoms with van der Waals surface area (Å²) in [6, 6.07) is 0. The molecule has 0 aliphatic heterocycles. The van der Waals surface area contributed by atoms with Crippen LogP contribution in [0.15, 0.2) is 0 Å². The fourth-order valence-corrected chi connectivity index (χ4v) is 7.06. The average molecular weight is 724 g/mol. The zero-order valence-electron chi connectivity index (χ0n) is 35.4. The Kier molecular flexibility index (Phi) is 32.7. The zero-order chi connectivity index (χ0) is 38.1. The molecular weight excluding hydrogens is 634 g/mol. The maximum absolute atomic E-state index is 12.8. The molecule has 0 unspecified atom stereocenters. The van der Waals surface area contributed by atoms with Gasteiger partial charge in [-0.15, -0.1) is 0 Å². The van der Waals surface area contributed by atoms with Crippen molar-refractivity contribution >= 4 is 11.9 Å². The topological polar surface area (TPSA) is 76.1 Å². The molecule has 0 rings (SSSR count). The number of carbonyl (C=O) groups excluding carboxylic acids is 2. The molecule has 51 heavy (non-hydrogen) atoms. The number of aliphatic hydroxyl groups excluding tert-OH is 1. The molecule has 0 aromatic rings. The second-order valence-corrected chi connectivity index (χ2v) is 17.3. The molecule has 0 amide bonds. The highest BCUT2D eigenvalue weighted by molar-refractivity contribution is 5.75. The van der Waals surface area contributed by atoms with Gasteiger partial charge in [0.05, 0.1) is 18.6 Å². The summed E-state index contributed by atoms with van der Waals surface area (Å²) in [6.45, 7) is 19.7. The van der Waals surface area contributed by atoms with Crippen LogP contribution in [0.4, 0.5) is 0 Å². The summed E-state index contributed by atoms with van der Waals surface area (Å²) in [5.74, 6) is 0.776. The van der Waals surface area contributed by atoms with Crippen LogP contribution in [0.2, 0.25) is 0 Å². The lowest BCUT2D eigenvalue weighted by Crippen LogP contribution is -2.28. The van der Waals surface area contributed by atoms with Crippen LogP contribution in [0.3, 0.4) is 0 Å². The molecule has 0 aromatic heterocycles. The van der Waals surface area contributed by atoms with Crippen molar-refractivity contribution in [2.45, 2.75) is 222 Å². The van der Waals surface area contributed by atoms with E-state index in [0.29, 0.717) is 19.6 Å². The molecule has 0 fully saturated rings. The van der Waals surface area contributed by atoms with E-state index in [1.165, 1.54) is 89.9 Å². The Bertz CT molecular complexity index is 789. The van der Waals surface area contributed by atoms with Crippen LogP contribution in [0.1, 0.15) is 222 Å². The summed E-state index contributed by atoms with van der Waals surface area (Å²) in [4.78, 5) is 27.6. The predicted octanol–water partition coefficient (Wildman–Crippen LogP) is 12.6. The average Bonchev–Trinajstić information content (AvgIpc) is 3.10. The molecule has 0 saturated carbocycles. The first-order valence-corrected chi connectivity index (χ1v) is 22.2. The summed E-state index contributed by atoms with van der Waals surface area (Å²) >= 11 is 0. The summed E-state index contributed by atoms with van der Waals surface area (Å²) in [5.41, 5.74) is -0.398. The van der Waals surface area contributed by atoms with Gasteiger partial charge < -0.3 is 19.5 Å². The second-order valence-electron chi connectivity index (χ2n) is 17.3. The molecular formula is C45H89NO5. The molecule has 0 saturated heterocycles. The predicted molar refractivity (Wildman–Crippen MR) is 218 cm³/mol. The van der Waals surface area contributed by atoms with Crippen LogP contribution >= 0.6 is 0 Å². The van der Waals surface area contributed by atoms with Crippen molar-refractivity contribution in [1.29, 1.82) is 0 Å². The second kappa shape index (κ2) is 33.4. The van der Waals surface area contributed by atoms with E-state index in [4.69, 9.17) is 9.47 Å². The fraction of sp³-hybridized carbons (Fsp3) is 0.956. The summed E-state index contributed by atoms with van der Waals surface area (Å²) < 4.78 is 11.4. The zero-order valence-corrected chi connectivity index (χ0v) is 35.4. The third-order valence-corrected chi connectivity index (χ3v) is 10.8. The monoisotopic (exact) mass is 724 g/mol. The fourth-order valence-electron chi connectivity index (χ4n) is 7.06. The molecule has 6 nitrogen and oxygen atoms in total. The van der Waals surface area contributed by atoms with Gasteiger partial charge in [0, 0.05) is 19.6 Å². The van der Waals surface area contributed by atoms with Gasteiger partial charge in [-0.3, -0.25) is 9.59 Å². The van der Waals surface area contributed by atoms with Crippen LogP contribution in [0, 0.1) is 16.7 Å². The summed E-state index contributed by atoms with van der Waals surface area (Å²) in [5, 5.41) is 9.43. The lowest BCUT2D eigenvalue weighted by molar-refractivity contribution is -0.154. The van der Waals surface area contributed by atoms with Gasteiger partial charge >= 0.3 is 11.9 Å². The molecule has 0 radical (unpaired) electrons. The number of hydrogen-bond donors (Lipinski definition) is 1. The van der Waals surface area contributed by atoms with Gasteiger partial charge in [0.1, 0.15) is 0 Å². The molecule has 0 aromatic carbocycles. The molecule has 0 spiro atoms. The molecule has 0 atom stereocenters. The van der Waals surface area contributed by atoms with Crippen molar-refractivity contribution in [3.05, 3.63) is 0 Å². The lowest BCUT2D eigenvalue weighted by Gasteiger charge is -2.25. The minimum absolute atomic E-state index is 0.0168. The number of unbranched alkanes of at least 4 members (excludes halogenated alkanes) is 14. The van der Waals surface area contributed by atoms with E-state index in [1.54, 1.807) is 0 Å². The van der Waals surface area contributed by atoms with Crippen molar-refractivity contribution in [3.63, 3.8) is 0 Å². The first kappa shape index (κ1) is 49.9. The first-order chi connectivity index (χ1) is 24.5. The van der Waals surface area contributed by atoms with E-state index in [0.717, 1.165) is 103 Å². The molecule has 0 bridgehead atoms. The number of carbonyl (C=O) groups is 2. The van der Waals surface area contributed by atoms with Gasteiger partial charge in [-0.25, -0.2) is 0 Å². The van der Waals surface area contributed by atoms with Crippen LogP contribution < -0.4 is 0 Å². The minimum atomic E-state index is -0.415. The Labute approximate surface area is 318 Å². The molecule has 0 heterocycles. The third-order valence-electron chi connectivity index (χ3n) is 10.8. The number of ether oxygens (including phenoxy) is 2. The number of esters is 2. The SMILES string of the molecule is CCCCCCCCCC(=O)OCC(C)(C)CCCCCN(CCCO)CCCCCCC(C)(C)C(=O)OCCCCC(CCCC)CCCC. The summed E-state index contributed by atoms with van der Waals surface area (Å²) in [6.07, 6.45) is 31.2. The molecule has 6 heteroatoms. The largest absolute Gasteiger partial charge is 0.465 e. The maximum Gasteiger partial charge on any atom is 0.311 e. The van der Waals surface area contributed by atoms with Crippen LogP contribution in [0.5, 0.6) is 0 Å². The Morgan fingerprint density at radius 1 is 0.569 bits per heavy atom. The number of aliphatic hydroxyl groups is 1. The van der Waals surface area contributed by atoms with Gasteiger partial charge in [-0.1, -0.05) is 150 Å². The molecule has 0 aliphatic carbocycles. The number of nitrogens with zero attached hydrogens (tertiary/aromatic N) is 1. The minimum Gasteiger partial charge on any atom is -0.465 e. The van der Waals surface area contributed by atoms with Crippen molar-refractivity contribution in [3.8, 4) is 0 Å². The van der Waals surface area contributed by atoms with Gasteiger partial charge in [-0.05, 0) is 89.6 Å². The highest BCUT2D eigenvalue weighted by Crippen LogP contribution is 2.27. The molecule has 0 aliphatic rings. The Hall–Kier alpha value is -1.14. The normalized spacial score (nSPS) is 12.3. The van der Waals surface area contributed by atoms with Gasteiger partial charge in [-0.2, -0.15) is 0 Å². The van der Waals surface area contributed by atoms with Crippen molar-refractivity contribution in [1.82, 2.24) is 4.90 Å². The van der Waals surface area contributed by atoms with Crippen LogP contribution in [-0.4, -0.2) is 61.4 Å². The lowest BCUT2D eigenvalue weighted by atomic mass is 9.87. The van der Waals surface area contributed by atoms with E-state index in [1.807, 2.05) is 13.8 Å². The van der Waals surface area contributed by atoms with Gasteiger partial charge in [0.2, 0.25) is 0 Å². The highest BCUT2D eigenvalue weighted by atomic mass is 16.5. The van der Waals surface area contributed by atoms with E-state index < -0.39 is 5.41 Å². The van der Waals surface area contributed by atoms with Crippen molar-refractivity contribution in [2.24, 2.45) is 16.7 Å². The number of hydrogen-bond acceptors (Lipinski definition) is 6. The quantitative estimate of drug-likeness (QED) is 0.0505. The van der Waals surface area contributed by atoms with Crippen LogP contribution in [-0.2, 0) is 19.1 Å². The molecule has 304 valence electrons. The van der Waals surface area contributed by atoms with E-state index in [9.17, 15) is 14.7 Å². The first-order valence-electron chi connectivity index (χ1n) is 22.2. The molecule has 1 N–H and O–H groups in total. The Balaban J connectivity index is 4.14. The third kappa shape index (κ3) is 31.0. The van der Waals surface area contributed by atoms with E-state index in [-0.39, 0.29) is 24.0 Å². The van der Waals surface area contributed by atoms with Crippen molar-refractivity contribution in [2.75, 3.05) is 39.5 Å². The van der Waals surface area contributed by atoms with Gasteiger partial charge in [0.15, 0.2) is 0 Å². The summed E-state index contributed by atoms with van der Waals surface area (Å²) in [7, 11) is 0. The maximum atomic E-state index is 12.8. The standard InChI is InChI=1S/C45H89NO5/c1-8-11-14-15-16-17-21-32-42(48)51-40-44(4,5)33-23-20-26-36-46(37-28-38-47)35-25-19-18-24-34-45(6,7)43(49)50-39-27-22-31-41(29-12-9-2)30-13-10-3/h41,47H,8-40H2,1-7H3. The Morgan fingerprint density at radius 2 is 1.08 bits per heavy atom. The smallest absolute Gasteiger partial charge is 0.311 e. The van der Waals surface area contributed by atoms with Gasteiger partial charge in [0.25, 0.3) is 0 Å².